The summed E-state index contributed by atoms with van der Waals surface area (Å²) in [6.45, 7) is 4.00. The van der Waals surface area contributed by atoms with Gasteiger partial charge in [-0.05, 0) is 49.5 Å². The zero-order chi connectivity index (χ0) is 22.8. The Balaban J connectivity index is 1.33. The molecule has 1 saturated heterocycles. The first kappa shape index (κ1) is 20.8. The summed E-state index contributed by atoms with van der Waals surface area (Å²) < 4.78 is 0. The third-order valence-corrected chi connectivity index (χ3v) is 5.86. The fourth-order valence-electron chi connectivity index (χ4n) is 3.99. The molecule has 1 aliphatic rings. The number of benzene rings is 1. The molecular weight excluding hydrogens is 418 g/mol. The summed E-state index contributed by atoms with van der Waals surface area (Å²) in [6.07, 6.45) is 4.97. The van der Waals surface area contributed by atoms with E-state index >= 15 is 0 Å². The summed E-state index contributed by atoms with van der Waals surface area (Å²) >= 11 is 0. The van der Waals surface area contributed by atoms with E-state index in [4.69, 9.17) is 0 Å². The molecule has 0 saturated carbocycles. The van der Waals surface area contributed by atoms with Crippen molar-refractivity contribution in [2.75, 3.05) is 48.8 Å². The van der Waals surface area contributed by atoms with Gasteiger partial charge in [0.1, 0.15) is 11.2 Å². The van der Waals surface area contributed by atoms with Crippen LogP contribution in [0, 0.1) is 0 Å². The number of nitrogens with zero attached hydrogens (tertiary/aromatic N) is 3. The topological polar surface area (TPSA) is 109 Å². The quantitative estimate of drug-likeness (QED) is 0.378. The van der Waals surface area contributed by atoms with Crippen molar-refractivity contribution in [1.29, 1.82) is 0 Å². The second kappa shape index (κ2) is 8.79. The lowest BCUT2D eigenvalue weighted by Crippen LogP contribution is -2.44. The van der Waals surface area contributed by atoms with Crippen LogP contribution in [0.3, 0.4) is 0 Å². The molecule has 1 aromatic carbocycles. The first-order valence-electron chi connectivity index (χ1n) is 10.8. The zero-order valence-corrected chi connectivity index (χ0v) is 18.3. The summed E-state index contributed by atoms with van der Waals surface area (Å²) in [5.74, 6) is -0.484. The number of aromatic amines is 2. The predicted octanol–water partition coefficient (Wildman–Crippen LogP) is 3.00. The molecule has 4 heterocycles. The zero-order valence-electron chi connectivity index (χ0n) is 18.3. The highest BCUT2D eigenvalue weighted by Gasteiger charge is 2.18. The summed E-state index contributed by atoms with van der Waals surface area (Å²) in [7, 11) is 2.12. The number of nitrogens with one attached hydrogen (secondary N) is 4. The monoisotopic (exact) mass is 443 g/mol. The standard InChI is InChI=1S/C24H25N7O2/c1-30-10-12-31(13-11-30)19-4-2-17(3-5-19)29-24(33)21-20(7-9-26-23(21)32)28-18-14-16-6-8-25-22(16)27-15-18/h2-9,14-15H,10-13H2,1H3,(H,25,27)(H,29,33)(H2,26,28,32). The molecule has 3 aromatic heterocycles. The molecule has 0 unspecified atom stereocenters. The number of amides is 1. The van der Waals surface area contributed by atoms with Gasteiger partial charge in [0.15, 0.2) is 0 Å². The van der Waals surface area contributed by atoms with Crippen molar-refractivity contribution in [3.63, 3.8) is 0 Å². The van der Waals surface area contributed by atoms with Gasteiger partial charge in [-0.15, -0.1) is 0 Å². The van der Waals surface area contributed by atoms with Crippen LogP contribution in [0.4, 0.5) is 22.7 Å². The Kier molecular flexibility index (Phi) is 5.54. The first-order chi connectivity index (χ1) is 16.1. The Morgan fingerprint density at radius 1 is 0.970 bits per heavy atom. The second-order valence-electron chi connectivity index (χ2n) is 8.15. The first-order valence-corrected chi connectivity index (χ1v) is 10.8. The van der Waals surface area contributed by atoms with Crippen LogP contribution in [0.2, 0.25) is 0 Å². The van der Waals surface area contributed by atoms with Gasteiger partial charge in [-0.3, -0.25) is 9.59 Å². The minimum absolute atomic E-state index is 0.00908. The molecule has 1 amide bonds. The van der Waals surface area contributed by atoms with Crippen molar-refractivity contribution in [2.24, 2.45) is 0 Å². The summed E-state index contributed by atoms with van der Waals surface area (Å²) in [6, 6.07) is 13.2. The molecule has 4 aromatic rings. The maximum absolute atomic E-state index is 13.0. The molecule has 0 aliphatic carbocycles. The average Bonchev–Trinajstić information content (AvgIpc) is 3.28. The van der Waals surface area contributed by atoms with E-state index in [9.17, 15) is 9.59 Å². The van der Waals surface area contributed by atoms with E-state index in [1.165, 1.54) is 6.20 Å². The number of aromatic nitrogens is 3. The lowest BCUT2D eigenvalue weighted by atomic mass is 10.2. The van der Waals surface area contributed by atoms with Crippen LogP contribution in [0.15, 0.2) is 65.8 Å². The van der Waals surface area contributed by atoms with Gasteiger partial charge in [-0.1, -0.05) is 0 Å². The molecule has 9 nitrogen and oxygen atoms in total. The Morgan fingerprint density at radius 3 is 2.52 bits per heavy atom. The van der Waals surface area contributed by atoms with Crippen molar-refractivity contribution in [2.45, 2.75) is 0 Å². The highest BCUT2D eigenvalue weighted by molar-refractivity contribution is 6.08. The Bertz CT molecular complexity index is 1330. The molecular formula is C24H25N7O2. The van der Waals surface area contributed by atoms with Crippen LogP contribution in [0.5, 0.6) is 0 Å². The van der Waals surface area contributed by atoms with E-state index in [-0.39, 0.29) is 5.56 Å². The molecule has 1 aliphatic heterocycles. The fourth-order valence-corrected chi connectivity index (χ4v) is 3.99. The minimum Gasteiger partial charge on any atom is -0.369 e. The number of carbonyl (C=O) groups excluding carboxylic acids is 1. The fraction of sp³-hybridized carbons (Fsp3) is 0.208. The van der Waals surface area contributed by atoms with Gasteiger partial charge in [-0.25, -0.2) is 4.98 Å². The third-order valence-electron chi connectivity index (χ3n) is 5.86. The van der Waals surface area contributed by atoms with Gasteiger partial charge < -0.3 is 30.4 Å². The third kappa shape index (κ3) is 4.44. The van der Waals surface area contributed by atoms with Crippen molar-refractivity contribution >= 4 is 39.7 Å². The SMILES string of the molecule is CN1CCN(c2ccc(NC(=O)c3c(Nc4cnc5[nH]ccc5c4)cc[nH]c3=O)cc2)CC1. The molecule has 0 bridgehead atoms. The van der Waals surface area contributed by atoms with E-state index in [1.807, 2.05) is 42.6 Å². The lowest BCUT2D eigenvalue weighted by Gasteiger charge is -2.34. The smallest absolute Gasteiger partial charge is 0.263 e. The Hall–Kier alpha value is -4.11. The van der Waals surface area contributed by atoms with E-state index in [0.717, 1.165) is 42.9 Å². The normalized spacial score (nSPS) is 14.4. The van der Waals surface area contributed by atoms with Crippen LogP contribution in [0.25, 0.3) is 11.0 Å². The van der Waals surface area contributed by atoms with Crippen molar-refractivity contribution in [3.05, 3.63) is 77.0 Å². The van der Waals surface area contributed by atoms with Crippen LogP contribution >= 0.6 is 0 Å². The Labute approximate surface area is 190 Å². The van der Waals surface area contributed by atoms with Crippen LogP contribution in [-0.2, 0) is 0 Å². The summed E-state index contributed by atoms with van der Waals surface area (Å²) in [5, 5.41) is 6.92. The lowest BCUT2D eigenvalue weighted by molar-refractivity contribution is 0.102. The van der Waals surface area contributed by atoms with E-state index in [1.54, 1.807) is 12.3 Å². The van der Waals surface area contributed by atoms with E-state index in [0.29, 0.717) is 17.1 Å². The van der Waals surface area contributed by atoms with Crippen LogP contribution in [-0.4, -0.2) is 59.0 Å². The maximum atomic E-state index is 13.0. The molecule has 0 spiro atoms. The van der Waals surface area contributed by atoms with Gasteiger partial charge in [0.05, 0.1) is 17.6 Å². The number of anilines is 4. The largest absolute Gasteiger partial charge is 0.369 e. The molecule has 33 heavy (non-hydrogen) atoms. The summed E-state index contributed by atoms with van der Waals surface area (Å²) in [5.41, 5.74) is 3.14. The van der Waals surface area contributed by atoms with Crippen LogP contribution in [0.1, 0.15) is 10.4 Å². The number of H-pyrrole nitrogens is 2. The van der Waals surface area contributed by atoms with E-state index < -0.39 is 11.5 Å². The van der Waals surface area contributed by atoms with Gasteiger partial charge in [-0.2, -0.15) is 0 Å². The van der Waals surface area contributed by atoms with E-state index in [2.05, 4.69) is 42.4 Å². The molecule has 9 heteroatoms. The molecule has 168 valence electrons. The average molecular weight is 444 g/mol. The van der Waals surface area contributed by atoms with Crippen LogP contribution < -0.4 is 21.1 Å². The number of hydrogen-bond donors (Lipinski definition) is 4. The molecule has 4 N–H and O–H groups in total. The molecule has 1 fully saturated rings. The maximum Gasteiger partial charge on any atom is 0.263 e. The van der Waals surface area contributed by atoms with Crippen molar-refractivity contribution in [3.8, 4) is 0 Å². The number of hydrogen-bond acceptors (Lipinski definition) is 6. The highest BCUT2D eigenvalue weighted by atomic mass is 16.2. The number of likely N-dealkylation sites (N-methyl/N-ethyl adjacent to an activating group) is 1. The number of piperazine rings is 1. The van der Waals surface area contributed by atoms with Crippen molar-refractivity contribution in [1.82, 2.24) is 19.9 Å². The van der Waals surface area contributed by atoms with Gasteiger partial charge in [0, 0.05) is 55.3 Å². The molecule has 0 radical (unpaired) electrons. The van der Waals surface area contributed by atoms with Gasteiger partial charge in [0.25, 0.3) is 11.5 Å². The number of fused-ring (bicyclic) bond motifs is 1. The Morgan fingerprint density at radius 2 is 1.73 bits per heavy atom. The van der Waals surface area contributed by atoms with Gasteiger partial charge in [0.2, 0.25) is 0 Å². The summed E-state index contributed by atoms with van der Waals surface area (Å²) in [4.78, 5) is 40.2. The van der Waals surface area contributed by atoms with Gasteiger partial charge >= 0.3 is 0 Å². The molecule has 5 rings (SSSR count). The minimum atomic E-state index is -0.484. The molecule has 0 atom stereocenters. The van der Waals surface area contributed by atoms with Crippen molar-refractivity contribution < 1.29 is 4.79 Å². The number of carbonyl (C=O) groups is 1. The predicted molar refractivity (Wildman–Crippen MR) is 131 cm³/mol. The second-order valence-corrected chi connectivity index (χ2v) is 8.15. The number of rotatable bonds is 5. The highest BCUT2D eigenvalue weighted by Crippen LogP contribution is 2.23. The number of pyridine rings is 2.